The van der Waals surface area contributed by atoms with Crippen LogP contribution in [0.15, 0.2) is 72.8 Å². The number of halogens is 3. The van der Waals surface area contributed by atoms with Crippen LogP contribution in [0.4, 0.5) is 24.0 Å². The highest BCUT2D eigenvalue weighted by Crippen LogP contribution is 2.41. The number of thiazole rings is 1. The van der Waals surface area contributed by atoms with E-state index in [-0.39, 0.29) is 0 Å². The van der Waals surface area contributed by atoms with E-state index < -0.39 is 11.7 Å². The summed E-state index contributed by atoms with van der Waals surface area (Å²) in [6, 6.07) is 20.1. The zero-order valence-electron chi connectivity index (χ0n) is 17.2. The quantitative estimate of drug-likeness (QED) is 0.332. The van der Waals surface area contributed by atoms with Crippen molar-refractivity contribution in [3.63, 3.8) is 0 Å². The summed E-state index contributed by atoms with van der Waals surface area (Å²) in [4.78, 5) is 5.58. The largest absolute Gasteiger partial charge is 0.497 e. The van der Waals surface area contributed by atoms with Crippen LogP contribution in [0, 0.1) is 0 Å². The Labute approximate surface area is 187 Å². The van der Waals surface area contributed by atoms with E-state index >= 15 is 0 Å². The number of rotatable bonds is 6. The number of alkyl halides is 3. The molecule has 3 aromatic carbocycles. The third-order valence-corrected chi connectivity index (χ3v) is 5.80. The first kappa shape index (κ1) is 21.7. The molecule has 0 aliphatic heterocycles. The number of nitrogens with one attached hydrogen (secondary N) is 1. The number of methoxy groups -OCH3 is 2. The van der Waals surface area contributed by atoms with E-state index in [9.17, 15) is 13.2 Å². The molecule has 0 fully saturated rings. The van der Waals surface area contributed by atoms with Crippen LogP contribution in [-0.4, -0.2) is 19.2 Å². The molecule has 0 bridgehead atoms. The van der Waals surface area contributed by atoms with Gasteiger partial charge < -0.3 is 14.8 Å². The molecule has 0 atom stereocenters. The topological polar surface area (TPSA) is 43.4 Å². The molecule has 0 unspecified atom stereocenters. The van der Waals surface area contributed by atoms with E-state index in [4.69, 9.17) is 14.5 Å². The van der Waals surface area contributed by atoms with Gasteiger partial charge >= 0.3 is 6.18 Å². The Hall–Kier alpha value is -3.52. The molecule has 4 nitrogen and oxygen atoms in total. The maximum Gasteiger partial charge on any atom is 0.416 e. The fraction of sp³-hybridized carbons (Fsp3) is 0.125. The van der Waals surface area contributed by atoms with Gasteiger partial charge in [0, 0.05) is 11.3 Å². The van der Waals surface area contributed by atoms with Gasteiger partial charge in [-0.2, -0.15) is 13.2 Å². The fourth-order valence-electron chi connectivity index (χ4n) is 3.15. The molecule has 0 saturated heterocycles. The number of benzene rings is 3. The SMILES string of the molecule is COc1ccc(-c2nc(Nc3cccc(C(F)(F)F)c3)sc2-c2ccc(OC)cc2)cc1. The van der Waals surface area contributed by atoms with E-state index in [1.165, 1.54) is 17.4 Å². The minimum atomic E-state index is -4.41. The Kier molecular flexibility index (Phi) is 6.05. The number of hydrogen-bond acceptors (Lipinski definition) is 5. The average molecular weight is 456 g/mol. The minimum Gasteiger partial charge on any atom is -0.497 e. The minimum absolute atomic E-state index is 0.316. The number of hydrogen-bond donors (Lipinski definition) is 1. The molecule has 0 spiro atoms. The normalized spacial score (nSPS) is 11.3. The van der Waals surface area contributed by atoms with Crippen molar-refractivity contribution in [3.8, 4) is 33.2 Å². The first-order valence-corrected chi connectivity index (χ1v) is 10.4. The zero-order valence-corrected chi connectivity index (χ0v) is 18.1. The molecular formula is C24H19F3N2O2S. The summed E-state index contributed by atoms with van der Waals surface area (Å²) in [5.74, 6) is 1.45. The van der Waals surface area contributed by atoms with Crippen molar-refractivity contribution in [2.45, 2.75) is 6.18 Å². The first-order chi connectivity index (χ1) is 15.4. The van der Waals surface area contributed by atoms with E-state index in [1.807, 2.05) is 48.5 Å². The van der Waals surface area contributed by atoms with Crippen molar-refractivity contribution in [2.75, 3.05) is 19.5 Å². The van der Waals surface area contributed by atoms with Crippen LogP contribution in [0.2, 0.25) is 0 Å². The Morgan fingerprint density at radius 1 is 0.812 bits per heavy atom. The predicted molar refractivity (Wildman–Crippen MR) is 121 cm³/mol. The van der Waals surface area contributed by atoms with E-state index in [1.54, 1.807) is 20.3 Å². The van der Waals surface area contributed by atoms with Gasteiger partial charge in [-0.05, 0) is 72.3 Å². The van der Waals surface area contributed by atoms with Crippen LogP contribution in [0.3, 0.4) is 0 Å². The van der Waals surface area contributed by atoms with Crippen molar-refractivity contribution < 1.29 is 22.6 Å². The van der Waals surface area contributed by atoms with Gasteiger partial charge in [0.2, 0.25) is 0 Å². The lowest BCUT2D eigenvalue weighted by atomic mass is 10.1. The summed E-state index contributed by atoms with van der Waals surface area (Å²) in [5, 5.41) is 3.51. The summed E-state index contributed by atoms with van der Waals surface area (Å²) in [6.07, 6.45) is -4.41. The summed E-state index contributed by atoms with van der Waals surface area (Å²) in [6.45, 7) is 0. The Morgan fingerprint density at radius 2 is 1.41 bits per heavy atom. The number of nitrogens with zero attached hydrogens (tertiary/aromatic N) is 1. The molecule has 8 heteroatoms. The molecule has 0 radical (unpaired) electrons. The molecule has 1 aromatic heterocycles. The number of ether oxygens (including phenoxy) is 2. The maximum atomic E-state index is 13.1. The summed E-state index contributed by atoms with van der Waals surface area (Å²) in [5.41, 5.74) is 2.11. The Bertz CT molecular complexity index is 1140. The summed E-state index contributed by atoms with van der Waals surface area (Å²) >= 11 is 1.36. The van der Waals surface area contributed by atoms with Crippen molar-refractivity contribution in [3.05, 3.63) is 78.4 Å². The molecule has 0 saturated carbocycles. The molecule has 4 aromatic rings. The van der Waals surface area contributed by atoms with Crippen molar-refractivity contribution >= 4 is 22.2 Å². The number of aromatic nitrogens is 1. The smallest absolute Gasteiger partial charge is 0.416 e. The lowest BCUT2D eigenvalue weighted by Gasteiger charge is -2.08. The second kappa shape index (κ2) is 8.92. The molecular weight excluding hydrogens is 437 g/mol. The second-order valence-corrected chi connectivity index (χ2v) is 7.86. The van der Waals surface area contributed by atoms with Gasteiger partial charge in [0.05, 0.1) is 30.4 Å². The predicted octanol–water partition coefficient (Wildman–Crippen LogP) is 7.26. The molecule has 0 amide bonds. The highest BCUT2D eigenvalue weighted by Gasteiger charge is 2.30. The molecule has 4 rings (SSSR count). The Morgan fingerprint density at radius 3 is 1.97 bits per heavy atom. The van der Waals surface area contributed by atoms with E-state index in [0.29, 0.717) is 10.8 Å². The number of anilines is 2. The highest BCUT2D eigenvalue weighted by molar-refractivity contribution is 7.19. The van der Waals surface area contributed by atoms with Crippen LogP contribution in [0.25, 0.3) is 21.7 Å². The lowest BCUT2D eigenvalue weighted by Crippen LogP contribution is -2.05. The van der Waals surface area contributed by atoms with Crippen LogP contribution >= 0.6 is 11.3 Å². The monoisotopic (exact) mass is 456 g/mol. The molecule has 32 heavy (non-hydrogen) atoms. The van der Waals surface area contributed by atoms with Gasteiger partial charge in [-0.1, -0.05) is 17.4 Å². The molecule has 1 heterocycles. The fourth-order valence-corrected chi connectivity index (χ4v) is 4.17. The van der Waals surface area contributed by atoms with Crippen molar-refractivity contribution in [1.29, 1.82) is 0 Å². The third-order valence-electron chi connectivity index (χ3n) is 4.78. The average Bonchev–Trinajstić information content (AvgIpc) is 3.22. The van der Waals surface area contributed by atoms with Gasteiger partial charge in [-0.15, -0.1) is 0 Å². The molecule has 0 aliphatic carbocycles. The van der Waals surface area contributed by atoms with Crippen molar-refractivity contribution in [1.82, 2.24) is 4.98 Å². The maximum absolute atomic E-state index is 13.1. The molecule has 0 aliphatic rings. The molecule has 1 N–H and O–H groups in total. The van der Waals surface area contributed by atoms with Crippen LogP contribution in [0.1, 0.15) is 5.56 Å². The standard InChI is InChI=1S/C24H19F3N2O2S/c1-30-19-10-6-15(7-11-19)21-22(16-8-12-20(31-2)13-9-16)32-23(29-21)28-18-5-3-4-17(14-18)24(25,26)27/h3-14H,1-2H3,(H,28,29). The van der Waals surface area contributed by atoms with Gasteiger partial charge in [-0.3, -0.25) is 0 Å². The Balaban J connectivity index is 1.74. The first-order valence-electron chi connectivity index (χ1n) is 9.61. The summed E-state index contributed by atoms with van der Waals surface area (Å²) in [7, 11) is 3.19. The van der Waals surface area contributed by atoms with Gasteiger partial charge in [0.1, 0.15) is 11.5 Å². The molecule has 164 valence electrons. The highest BCUT2D eigenvalue weighted by atomic mass is 32.1. The van der Waals surface area contributed by atoms with Crippen molar-refractivity contribution in [2.24, 2.45) is 0 Å². The third kappa shape index (κ3) is 4.70. The van der Waals surface area contributed by atoms with E-state index in [2.05, 4.69) is 5.32 Å². The summed E-state index contributed by atoms with van der Waals surface area (Å²) < 4.78 is 49.7. The van der Waals surface area contributed by atoms with Gasteiger partial charge in [-0.25, -0.2) is 4.98 Å². The van der Waals surface area contributed by atoms with Crippen LogP contribution < -0.4 is 14.8 Å². The van der Waals surface area contributed by atoms with Gasteiger partial charge in [0.15, 0.2) is 5.13 Å². The lowest BCUT2D eigenvalue weighted by molar-refractivity contribution is -0.137. The zero-order chi connectivity index (χ0) is 22.7. The van der Waals surface area contributed by atoms with E-state index in [0.717, 1.165) is 45.3 Å². The van der Waals surface area contributed by atoms with Crippen LogP contribution in [0.5, 0.6) is 11.5 Å². The second-order valence-electron chi connectivity index (χ2n) is 6.86. The van der Waals surface area contributed by atoms with Crippen LogP contribution in [-0.2, 0) is 6.18 Å². The van der Waals surface area contributed by atoms with Gasteiger partial charge in [0.25, 0.3) is 0 Å².